The molecule has 0 aliphatic carbocycles. The molecule has 6 heteroatoms. The Hall–Kier alpha value is -1.92. The lowest BCUT2D eigenvalue weighted by Gasteiger charge is -2.10. The second-order valence-corrected chi connectivity index (χ2v) is 6.23. The van der Waals surface area contributed by atoms with Gasteiger partial charge in [-0.2, -0.15) is 0 Å². The zero-order valence-corrected chi connectivity index (χ0v) is 12.5. The number of sulfonamides is 1. The van der Waals surface area contributed by atoms with Gasteiger partial charge in [0.1, 0.15) is 5.82 Å². The minimum atomic E-state index is -3.78. The minimum Gasteiger partial charge on any atom is -0.313 e. The SMILES string of the molecule is CCNCc1cccc(NS(=O)(=O)c2cccc(F)c2)c1. The zero-order chi connectivity index (χ0) is 15.3. The highest BCUT2D eigenvalue weighted by Crippen LogP contribution is 2.17. The molecule has 2 aromatic rings. The molecular formula is C15H17FN2O2S. The normalized spacial score (nSPS) is 11.3. The van der Waals surface area contributed by atoms with Crippen LogP contribution in [0.15, 0.2) is 53.4 Å². The Morgan fingerprint density at radius 1 is 1.10 bits per heavy atom. The summed E-state index contributed by atoms with van der Waals surface area (Å²) in [5.41, 5.74) is 1.42. The molecule has 0 atom stereocenters. The van der Waals surface area contributed by atoms with Gasteiger partial charge in [0.25, 0.3) is 10.0 Å². The van der Waals surface area contributed by atoms with E-state index in [1.54, 1.807) is 18.2 Å². The van der Waals surface area contributed by atoms with E-state index < -0.39 is 15.8 Å². The molecule has 0 saturated heterocycles. The molecule has 0 unspecified atom stereocenters. The molecule has 0 spiro atoms. The topological polar surface area (TPSA) is 58.2 Å². The number of nitrogens with one attached hydrogen (secondary N) is 2. The van der Waals surface area contributed by atoms with Crippen LogP contribution in [0.3, 0.4) is 0 Å². The lowest BCUT2D eigenvalue weighted by molar-refractivity contribution is 0.595. The van der Waals surface area contributed by atoms with E-state index in [1.165, 1.54) is 18.2 Å². The highest BCUT2D eigenvalue weighted by atomic mass is 32.2. The van der Waals surface area contributed by atoms with Gasteiger partial charge in [0.05, 0.1) is 4.90 Å². The summed E-state index contributed by atoms with van der Waals surface area (Å²) in [4.78, 5) is -0.0976. The van der Waals surface area contributed by atoms with Gasteiger partial charge in [-0.05, 0) is 42.4 Å². The van der Waals surface area contributed by atoms with E-state index in [0.717, 1.165) is 18.2 Å². The Morgan fingerprint density at radius 2 is 1.86 bits per heavy atom. The van der Waals surface area contributed by atoms with Crippen LogP contribution in [0.5, 0.6) is 0 Å². The fourth-order valence-corrected chi connectivity index (χ4v) is 2.94. The van der Waals surface area contributed by atoms with Crippen LogP contribution in [0.1, 0.15) is 12.5 Å². The summed E-state index contributed by atoms with van der Waals surface area (Å²) in [5.74, 6) is -0.584. The van der Waals surface area contributed by atoms with Gasteiger partial charge >= 0.3 is 0 Å². The van der Waals surface area contributed by atoms with E-state index >= 15 is 0 Å². The molecule has 21 heavy (non-hydrogen) atoms. The number of benzene rings is 2. The maximum Gasteiger partial charge on any atom is 0.261 e. The molecule has 112 valence electrons. The summed E-state index contributed by atoms with van der Waals surface area (Å²) >= 11 is 0. The van der Waals surface area contributed by atoms with Crippen LogP contribution in [0.2, 0.25) is 0 Å². The molecule has 0 aliphatic rings. The van der Waals surface area contributed by atoms with Crippen LogP contribution in [-0.4, -0.2) is 15.0 Å². The molecule has 0 amide bonds. The van der Waals surface area contributed by atoms with Gasteiger partial charge in [-0.15, -0.1) is 0 Å². The summed E-state index contributed by atoms with van der Waals surface area (Å²) in [6, 6.07) is 12.0. The van der Waals surface area contributed by atoms with Crippen molar-refractivity contribution in [2.24, 2.45) is 0 Å². The van der Waals surface area contributed by atoms with Gasteiger partial charge < -0.3 is 5.32 Å². The summed E-state index contributed by atoms with van der Waals surface area (Å²) in [6.07, 6.45) is 0. The average molecular weight is 308 g/mol. The molecule has 4 nitrogen and oxygen atoms in total. The lowest BCUT2D eigenvalue weighted by Crippen LogP contribution is -2.14. The van der Waals surface area contributed by atoms with Crippen LogP contribution in [0.25, 0.3) is 0 Å². The Balaban J connectivity index is 2.20. The van der Waals surface area contributed by atoms with Gasteiger partial charge in [-0.1, -0.05) is 25.1 Å². The molecule has 0 saturated carbocycles. The summed E-state index contributed by atoms with van der Waals surface area (Å²) in [6.45, 7) is 3.49. The smallest absolute Gasteiger partial charge is 0.261 e. The predicted octanol–water partition coefficient (Wildman–Crippen LogP) is 2.74. The standard InChI is InChI=1S/C15H17FN2O2S/c1-2-17-11-12-5-3-7-14(9-12)18-21(19,20)15-8-4-6-13(16)10-15/h3-10,17-18H,2,11H2,1H3. The predicted molar refractivity (Wildman–Crippen MR) is 81.0 cm³/mol. The maximum atomic E-state index is 13.1. The zero-order valence-electron chi connectivity index (χ0n) is 11.6. The van der Waals surface area contributed by atoms with Crippen molar-refractivity contribution in [2.45, 2.75) is 18.4 Å². The van der Waals surface area contributed by atoms with Crippen LogP contribution < -0.4 is 10.0 Å². The summed E-state index contributed by atoms with van der Waals surface area (Å²) < 4.78 is 40.0. The van der Waals surface area contributed by atoms with Crippen LogP contribution in [-0.2, 0) is 16.6 Å². The highest BCUT2D eigenvalue weighted by molar-refractivity contribution is 7.92. The van der Waals surface area contributed by atoms with Gasteiger partial charge in [-0.25, -0.2) is 12.8 Å². The van der Waals surface area contributed by atoms with Gasteiger partial charge in [0.2, 0.25) is 0 Å². The molecule has 0 radical (unpaired) electrons. The Bertz CT molecular complexity index is 717. The van der Waals surface area contributed by atoms with Gasteiger partial charge in [0, 0.05) is 12.2 Å². The van der Waals surface area contributed by atoms with Crippen molar-refractivity contribution >= 4 is 15.7 Å². The average Bonchev–Trinajstić information content (AvgIpc) is 2.45. The monoisotopic (exact) mass is 308 g/mol. The van der Waals surface area contributed by atoms with Crippen LogP contribution in [0.4, 0.5) is 10.1 Å². The third kappa shape index (κ3) is 4.27. The van der Waals surface area contributed by atoms with E-state index in [9.17, 15) is 12.8 Å². The number of hydrogen-bond acceptors (Lipinski definition) is 3. The Kier molecular flexibility index (Phi) is 4.93. The van der Waals surface area contributed by atoms with Gasteiger partial charge in [-0.3, -0.25) is 4.72 Å². The van der Waals surface area contributed by atoms with Gasteiger partial charge in [0.15, 0.2) is 0 Å². The first-order chi connectivity index (χ1) is 10.0. The molecule has 0 heterocycles. The largest absolute Gasteiger partial charge is 0.313 e. The first-order valence-electron chi connectivity index (χ1n) is 6.59. The van der Waals surface area contributed by atoms with E-state index in [2.05, 4.69) is 10.0 Å². The highest BCUT2D eigenvalue weighted by Gasteiger charge is 2.14. The van der Waals surface area contributed by atoms with Crippen LogP contribution >= 0.6 is 0 Å². The van der Waals surface area contributed by atoms with Crippen molar-refractivity contribution in [3.63, 3.8) is 0 Å². The van der Waals surface area contributed by atoms with E-state index in [1.807, 2.05) is 13.0 Å². The minimum absolute atomic E-state index is 0.0976. The molecule has 2 rings (SSSR count). The molecule has 0 fully saturated rings. The molecule has 2 aromatic carbocycles. The molecule has 0 bridgehead atoms. The first kappa shape index (κ1) is 15.5. The van der Waals surface area contributed by atoms with E-state index in [-0.39, 0.29) is 4.90 Å². The molecular weight excluding hydrogens is 291 g/mol. The van der Waals surface area contributed by atoms with Crippen molar-refractivity contribution in [1.29, 1.82) is 0 Å². The Morgan fingerprint density at radius 3 is 2.57 bits per heavy atom. The number of anilines is 1. The quantitative estimate of drug-likeness (QED) is 0.862. The van der Waals surface area contributed by atoms with E-state index in [4.69, 9.17) is 0 Å². The molecule has 2 N–H and O–H groups in total. The second kappa shape index (κ2) is 6.69. The molecule has 0 aliphatic heterocycles. The maximum absolute atomic E-state index is 13.1. The fourth-order valence-electron chi connectivity index (χ4n) is 1.86. The van der Waals surface area contributed by atoms with Crippen molar-refractivity contribution in [3.05, 3.63) is 59.9 Å². The molecule has 0 aromatic heterocycles. The van der Waals surface area contributed by atoms with Crippen molar-refractivity contribution < 1.29 is 12.8 Å². The van der Waals surface area contributed by atoms with E-state index in [0.29, 0.717) is 12.2 Å². The number of rotatable bonds is 6. The first-order valence-corrected chi connectivity index (χ1v) is 8.07. The summed E-state index contributed by atoms with van der Waals surface area (Å²) in [7, 11) is -3.78. The van der Waals surface area contributed by atoms with Crippen molar-refractivity contribution in [1.82, 2.24) is 5.32 Å². The van der Waals surface area contributed by atoms with Crippen molar-refractivity contribution in [2.75, 3.05) is 11.3 Å². The summed E-state index contributed by atoms with van der Waals surface area (Å²) in [5, 5.41) is 3.17. The number of hydrogen-bond donors (Lipinski definition) is 2. The third-order valence-corrected chi connectivity index (χ3v) is 4.24. The van der Waals surface area contributed by atoms with Crippen LogP contribution in [0, 0.1) is 5.82 Å². The Labute approximate surface area is 124 Å². The lowest BCUT2D eigenvalue weighted by atomic mass is 10.2. The fraction of sp³-hybridized carbons (Fsp3) is 0.200. The second-order valence-electron chi connectivity index (χ2n) is 4.54. The third-order valence-electron chi connectivity index (χ3n) is 2.86. The number of halogens is 1. The van der Waals surface area contributed by atoms with Crippen molar-refractivity contribution in [3.8, 4) is 0 Å².